The summed E-state index contributed by atoms with van der Waals surface area (Å²) in [6, 6.07) is 8.51. The fourth-order valence-electron chi connectivity index (χ4n) is 1.52. The van der Waals surface area contributed by atoms with E-state index in [1.807, 2.05) is 6.92 Å². The summed E-state index contributed by atoms with van der Waals surface area (Å²) in [4.78, 5) is 4.22. The second-order valence-corrected chi connectivity index (χ2v) is 3.69. The summed E-state index contributed by atoms with van der Waals surface area (Å²) in [5, 5.41) is 5.79. The lowest BCUT2D eigenvalue weighted by Crippen LogP contribution is -2.02. The molecule has 0 spiro atoms. The van der Waals surface area contributed by atoms with Crippen molar-refractivity contribution in [3.63, 3.8) is 0 Å². The van der Waals surface area contributed by atoms with Gasteiger partial charge in [0.05, 0.1) is 5.69 Å². The minimum Gasteiger partial charge on any atom is -0.370 e. The Morgan fingerprint density at radius 3 is 2.67 bits per heavy atom. The molecule has 0 fully saturated rings. The Bertz CT molecular complexity index is 544. The molecule has 2 rings (SSSR count). The molecule has 0 amide bonds. The van der Waals surface area contributed by atoms with Gasteiger partial charge in [-0.1, -0.05) is 6.07 Å². The molecule has 1 heterocycles. The standard InChI is InChI=1S/C13H13F2N3/c1-2-16-12-4-3-5-13(18-12)17-11-8-9(14)6-7-10(11)15/h3-8H,2H2,1H3,(H2,16,17,18). The van der Waals surface area contributed by atoms with Crippen LogP contribution in [0.5, 0.6) is 0 Å². The van der Waals surface area contributed by atoms with E-state index in [1.165, 1.54) is 0 Å². The van der Waals surface area contributed by atoms with E-state index in [4.69, 9.17) is 0 Å². The lowest BCUT2D eigenvalue weighted by Gasteiger charge is -2.09. The monoisotopic (exact) mass is 249 g/mol. The first kappa shape index (κ1) is 12.3. The average molecular weight is 249 g/mol. The predicted molar refractivity (Wildman–Crippen MR) is 68.0 cm³/mol. The SMILES string of the molecule is CCNc1cccc(Nc2cc(F)ccc2F)n1. The van der Waals surface area contributed by atoms with Crippen LogP contribution in [-0.2, 0) is 0 Å². The maximum atomic E-state index is 13.4. The number of halogens is 2. The van der Waals surface area contributed by atoms with Crippen molar-refractivity contribution in [2.24, 2.45) is 0 Å². The minimum absolute atomic E-state index is 0.0659. The van der Waals surface area contributed by atoms with Crippen molar-refractivity contribution in [3.05, 3.63) is 48.0 Å². The molecule has 0 radical (unpaired) electrons. The summed E-state index contributed by atoms with van der Waals surface area (Å²) in [7, 11) is 0. The Kier molecular flexibility index (Phi) is 3.72. The Hall–Kier alpha value is -2.17. The third kappa shape index (κ3) is 2.94. The maximum absolute atomic E-state index is 13.4. The lowest BCUT2D eigenvalue weighted by molar-refractivity contribution is 0.603. The smallest absolute Gasteiger partial charge is 0.146 e. The largest absolute Gasteiger partial charge is 0.370 e. The van der Waals surface area contributed by atoms with E-state index in [9.17, 15) is 8.78 Å². The van der Waals surface area contributed by atoms with Crippen molar-refractivity contribution in [2.45, 2.75) is 6.92 Å². The molecule has 0 atom stereocenters. The van der Waals surface area contributed by atoms with Crippen LogP contribution in [-0.4, -0.2) is 11.5 Å². The van der Waals surface area contributed by atoms with Crippen molar-refractivity contribution in [1.29, 1.82) is 0 Å². The van der Waals surface area contributed by atoms with Gasteiger partial charge in [0.1, 0.15) is 23.3 Å². The number of hydrogen-bond donors (Lipinski definition) is 2. The van der Waals surface area contributed by atoms with Gasteiger partial charge in [0.15, 0.2) is 0 Å². The van der Waals surface area contributed by atoms with Gasteiger partial charge in [0.25, 0.3) is 0 Å². The second-order valence-electron chi connectivity index (χ2n) is 3.69. The maximum Gasteiger partial charge on any atom is 0.146 e. The fraction of sp³-hybridized carbons (Fsp3) is 0.154. The zero-order valence-corrected chi connectivity index (χ0v) is 9.87. The highest BCUT2D eigenvalue weighted by molar-refractivity contribution is 5.58. The van der Waals surface area contributed by atoms with Gasteiger partial charge in [-0.15, -0.1) is 0 Å². The molecule has 2 aromatic rings. The highest BCUT2D eigenvalue weighted by atomic mass is 19.1. The van der Waals surface area contributed by atoms with E-state index in [0.717, 1.165) is 24.7 Å². The third-order valence-corrected chi connectivity index (χ3v) is 2.30. The molecule has 0 aliphatic carbocycles. The van der Waals surface area contributed by atoms with E-state index < -0.39 is 11.6 Å². The van der Waals surface area contributed by atoms with Crippen LogP contribution in [0.25, 0.3) is 0 Å². The van der Waals surface area contributed by atoms with Gasteiger partial charge in [-0.25, -0.2) is 13.8 Å². The zero-order valence-electron chi connectivity index (χ0n) is 9.87. The number of pyridine rings is 1. The van der Waals surface area contributed by atoms with E-state index in [0.29, 0.717) is 11.6 Å². The number of rotatable bonds is 4. The predicted octanol–water partition coefficient (Wildman–Crippen LogP) is 3.54. The van der Waals surface area contributed by atoms with E-state index >= 15 is 0 Å². The molecule has 1 aromatic heterocycles. The molecular weight excluding hydrogens is 236 g/mol. The number of aromatic nitrogens is 1. The highest BCUT2D eigenvalue weighted by Crippen LogP contribution is 2.20. The van der Waals surface area contributed by atoms with E-state index in [2.05, 4.69) is 15.6 Å². The summed E-state index contributed by atoms with van der Waals surface area (Å²) in [6.45, 7) is 2.69. The Morgan fingerprint density at radius 2 is 1.89 bits per heavy atom. The fourth-order valence-corrected chi connectivity index (χ4v) is 1.52. The second kappa shape index (κ2) is 5.44. The molecule has 18 heavy (non-hydrogen) atoms. The molecule has 0 saturated carbocycles. The van der Waals surface area contributed by atoms with Gasteiger partial charge in [-0.2, -0.15) is 0 Å². The third-order valence-electron chi connectivity index (χ3n) is 2.30. The van der Waals surface area contributed by atoms with Crippen molar-refractivity contribution in [3.8, 4) is 0 Å². The normalized spacial score (nSPS) is 10.2. The van der Waals surface area contributed by atoms with Crippen LogP contribution in [0.2, 0.25) is 0 Å². The summed E-state index contributed by atoms with van der Waals surface area (Å²) in [5.41, 5.74) is 0.0659. The molecular formula is C13H13F2N3. The van der Waals surface area contributed by atoms with Crippen LogP contribution in [0.3, 0.4) is 0 Å². The Morgan fingerprint density at radius 1 is 1.11 bits per heavy atom. The molecule has 0 bridgehead atoms. The van der Waals surface area contributed by atoms with Crippen LogP contribution in [0, 0.1) is 11.6 Å². The molecule has 0 aliphatic heterocycles. The number of hydrogen-bond acceptors (Lipinski definition) is 3. The van der Waals surface area contributed by atoms with Crippen molar-refractivity contribution in [2.75, 3.05) is 17.2 Å². The zero-order chi connectivity index (χ0) is 13.0. The summed E-state index contributed by atoms with van der Waals surface area (Å²) in [6.07, 6.45) is 0. The van der Waals surface area contributed by atoms with Crippen LogP contribution < -0.4 is 10.6 Å². The first-order valence-electron chi connectivity index (χ1n) is 5.62. The van der Waals surface area contributed by atoms with Crippen LogP contribution in [0.1, 0.15) is 6.92 Å². The molecule has 0 saturated heterocycles. The topological polar surface area (TPSA) is 37.0 Å². The number of anilines is 3. The van der Waals surface area contributed by atoms with Crippen LogP contribution in [0.15, 0.2) is 36.4 Å². The van der Waals surface area contributed by atoms with E-state index in [1.54, 1.807) is 18.2 Å². The van der Waals surface area contributed by atoms with Crippen LogP contribution >= 0.6 is 0 Å². The van der Waals surface area contributed by atoms with Crippen molar-refractivity contribution >= 4 is 17.3 Å². The molecule has 2 N–H and O–H groups in total. The quantitative estimate of drug-likeness (QED) is 0.870. The van der Waals surface area contributed by atoms with Gasteiger partial charge in [0.2, 0.25) is 0 Å². The number of nitrogens with one attached hydrogen (secondary N) is 2. The van der Waals surface area contributed by atoms with Crippen molar-refractivity contribution in [1.82, 2.24) is 4.98 Å². The van der Waals surface area contributed by atoms with Gasteiger partial charge < -0.3 is 10.6 Å². The van der Waals surface area contributed by atoms with Gasteiger partial charge in [-0.05, 0) is 31.2 Å². The number of nitrogens with zero attached hydrogens (tertiary/aromatic N) is 1. The van der Waals surface area contributed by atoms with Crippen LogP contribution in [0.4, 0.5) is 26.1 Å². The van der Waals surface area contributed by atoms with Crippen molar-refractivity contribution < 1.29 is 8.78 Å². The summed E-state index contributed by atoms with van der Waals surface area (Å²) < 4.78 is 26.4. The first-order valence-corrected chi connectivity index (χ1v) is 5.62. The molecule has 94 valence electrons. The first-order chi connectivity index (χ1) is 8.69. The van der Waals surface area contributed by atoms with Gasteiger partial charge in [0, 0.05) is 12.6 Å². The van der Waals surface area contributed by atoms with Gasteiger partial charge >= 0.3 is 0 Å². The van der Waals surface area contributed by atoms with E-state index in [-0.39, 0.29) is 5.69 Å². The Labute approximate surface area is 104 Å². The molecule has 0 unspecified atom stereocenters. The highest BCUT2D eigenvalue weighted by Gasteiger charge is 2.05. The molecule has 0 aliphatic rings. The molecule has 3 nitrogen and oxygen atoms in total. The summed E-state index contributed by atoms with van der Waals surface area (Å²) in [5.74, 6) is 0.117. The van der Waals surface area contributed by atoms with Gasteiger partial charge in [-0.3, -0.25) is 0 Å². The average Bonchev–Trinajstić information content (AvgIpc) is 2.35. The minimum atomic E-state index is -0.521. The number of benzene rings is 1. The summed E-state index contributed by atoms with van der Waals surface area (Å²) >= 11 is 0. The molecule has 1 aromatic carbocycles. The lowest BCUT2D eigenvalue weighted by atomic mass is 10.3. The molecule has 5 heteroatoms. The Balaban J connectivity index is 2.22.